The molecule has 3 N–H and O–H groups in total. The lowest BCUT2D eigenvalue weighted by atomic mass is 10.0. The number of nitrogens with one attached hydrogen (secondary N) is 3. The first-order valence-electron chi connectivity index (χ1n) is 16.8. The molecule has 0 saturated heterocycles. The molecule has 1 aliphatic carbocycles. The van der Waals surface area contributed by atoms with Crippen LogP contribution < -0.4 is 25.4 Å². The van der Waals surface area contributed by atoms with Crippen LogP contribution >= 0.6 is 0 Å². The van der Waals surface area contributed by atoms with Gasteiger partial charge in [0.15, 0.2) is 11.5 Å². The van der Waals surface area contributed by atoms with Gasteiger partial charge in [-0.2, -0.15) is 0 Å². The number of fused-ring (bicyclic) bond motifs is 5. The second kappa shape index (κ2) is 15.7. The first-order valence-corrected chi connectivity index (χ1v) is 16.8. The van der Waals surface area contributed by atoms with E-state index >= 15 is 0 Å². The molecule has 0 spiro atoms. The van der Waals surface area contributed by atoms with Gasteiger partial charge in [0.2, 0.25) is 29.5 Å². The minimum Gasteiger partial charge on any atom is -0.493 e. The van der Waals surface area contributed by atoms with Gasteiger partial charge in [-0.05, 0) is 67.6 Å². The van der Waals surface area contributed by atoms with Crippen LogP contribution in [0, 0.1) is 12.8 Å². The largest absolute Gasteiger partial charge is 0.493 e. The highest BCUT2D eigenvalue weighted by molar-refractivity contribution is 5.94. The van der Waals surface area contributed by atoms with Crippen molar-refractivity contribution in [2.24, 2.45) is 5.92 Å². The van der Waals surface area contributed by atoms with Gasteiger partial charge < -0.3 is 34.7 Å². The molecule has 12 nitrogen and oxygen atoms in total. The number of aryl methyl sites for hydroxylation is 1. The molecule has 1 saturated carbocycles. The first-order chi connectivity index (χ1) is 24.2. The molecule has 1 fully saturated rings. The van der Waals surface area contributed by atoms with Crippen LogP contribution in [0.4, 0.5) is 5.69 Å². The third kappa shape index (κ3) is 8.87. The summed E-state index contributed by atoms with van der Waals surface area (Å²) < 4.78 is 17.6. The number of ether oxygens (including phenoxy) is 2. The molecule has 0 unspecified atom stereocenters. The molecule has 1 aliphatic heterocycles. The third-order valence-electron chi connectivity index (χ3n) is 8.71. The number of amides is 4. The molecule has 50 heavy (non-hydrogen) atoms. The topological polar surface area (TPSA) is 152 Å². The van der Waals surface area contributed by atoms with E-state index in [2.05, 4.69) is 20.9 Å². The van der Waals surface area contributed by atoms with Gasteiger partial charge in [0.25, 0.3) is 0 Å². The first kappa shape index (κ1) is 34.2. The second-order valence-corrected chi connectivity index (χ2v) is 12.6. The predicted octanol–water partition coefficient (Wildman–Crippen LogP) is 4.20. The number of oxazole rings is 1. The smallest absolute Gasteiger partial charge is 0.243 e. The van der Waals surface area contributed by atoms with E-state index in [1.807, 2.05) is 36.4 Å². The number of carbonyl (C=O) groups excluding carboxylic acids is 4. The second-order valence-electron chi connectivity index (χ2n) is 12.6. The highest BCUT2D eigenvalue weighted by Gasteiger charge is 2.30. The third-order valence-corrected chi connectivity index (χ3v) is 8.71. The Morgan fingerprint density at radius 1 is 1.02 bits per heavy atom. The van der Waals surface area contributed by atoms with E-state index in [-0.39, 0.29) is 62.7 Å². The minimum absolute atomic E-state index is 0.00985. The van der Waals surface area contributed by atoms with E-state index < -0.39 is 11.9 Å². The van der Waals surface area contributed by atoms with Gasteiger partial charge in [-0.25, -0.2) is 4.98 Å². The monoisotopic (exact) mass is 679 g/mol. The van der Waals surface area contributed by atoms with Gasteiger partial charge in [-0.15, -0.1) is 0 Å². The maximum atomic E-state index is 13.7. The maximum Gasteiger partial charge on any atom is 0.243 e. The number of aromatic nitrogens is 1. The lowest BCUT2D eigenvalue weighted by Gasteiger charge is -2.25. The Bertz CT molecular complexity index is 1840. The normalized spacial score (nSPS) is 17.0. The van der Waals surface area contributed by atoms with Crippen molar-refractivity contribution in [2.45, 2.75) is 51.6 Å². The fraction of sp³-hybridized carbons (Fsp3) is 0.342. The molecule has 6 rings (SSSR count). The van der Waals surface area contributed by atoms with Crippen molar-refractivity contribution in [1.29, 1.82) is 0 Å². The number of rotatable bonds is 7. The Balaban J connectivity index is 1.22. The summed E-state index contributed by atoms with van der Waals surface area (Å²) in [7, 11) is 1.55. The number of anilines is 1. The minimum atomic E-state index is -0.904. The molecule has 1 aromatic heterocycles. The van der Waals surface area contributed by atoms with Crippen LogP contribution in [-0.4, -0.2) is 66.4 Å². The summed E-state index contributed by atoms with van der Waals surface area (Å²) >= 11 is 0. The van der Waals surface area contributed by atoms with Crippen molar-refractivity contribution in [3.8, 4) is 23.0 Å². The molecule has 4 amide bonds. The number of hydrogen-bond acceptors (Lipinski definition) is 8. The number of hydrogen-bond donors (Lipinski definition) is 3. The number of benzene rings is 3. The Morgan fingerprint density at radius 3 is 2.54 bits per heavy atom. The summed E-state index contributed by atoms with van der Waals surface area (Å²) in [6.07, 6.45) is 2.53. The summed E-state index contributed by atoms with van der Waals surface area (Å²) in [5.74, 6) is 0.884. The van der Waals surface area contributed by atoms with Gasteiger partial charge in [-0.1, -0.05) is 42.5 Å². The van der Waals surface area contributed by atoms with Crippen LogP contribution in [0.3, 0.4) is 0 Å². The van der Waals surface area contributed by atoms with Crippen molar-refractivity contribution < 1.29 is 33.1 Å². The van der Waals surface area contributed by atoms with Crippen LogP contribution in [-0.2, 0) is 38.6 Å². The number of carbonyl (C=O) groups is 4. The quantitative estimate of drug-likeness (QED) is 0.263. The lowest BCUT2D eigenvalue weighted by Crippen LogP contribution is -2.51. The van der Waals surface area contributed by atoms with Gasteiger partial charge in [-0.3, -0.25) is 19.2 Å². The fourth-order valence-electron chi connectivity index (χ4n) is 5.72. The van der Waals surface area contributed by atoms with E-state index in [1.54, 1.807) is 50.4 Å². The SMILES string of the molecule is COc1ccc2cc1OCCCN(C(=O)Cc1ccc(NC(=O)C3CC3)cc1)CC(=O)N[C@H](Cc1ccccc1)C(=O)NCc1nc-2oc1C. The van der Waals surface area contributed by atoms with E-state index in [4.69, 9.17) is 13.9 Å². The zero-order chi connectivity index (χ0) is 35.0. The fourth-order valence-corrected chi connectivity index (χ4v) is 5.72. The summed E-state index contributed by atoms with van der Waals surface area (Å²) in [6, 6.07) is 21.0. The molecule has 2 heterocycles. The van der Waals surface area contributed by atoms with Crippen molar-refractivity contribution in [3.05, 3.63) is 95.4 Å². The van der Waals surface area contributed by atoms with Crippen LogP contribution in [0.5, 0.6) is 11.5 Å². The highest BCUT2D eigenvalue weighted by Crippen LogP contribution is 2.33. The van der Waals surface area contributed by atoms with Crippen LogP contribution in [0.2, 0.25) is 0 Å². The van der Waals surface area contributed by atoms with Crippen molar-refractivity contribution in [2.75, 3.05) is 32.1 Å². The number of nitrogens with zero attached hydrogens (tertiary/aromatic N) is 2. The molecule has 4 bridgehead atoms. The Kier molecular flexibility index (Phi) is 10.8. The summed E-state index contributed by atoms with van der Waals surface area (Å²) in [5, 5.41) is 8.68. The molecular weight excluding hydrogens is 638 g/mol. The molecule has 1 atom stereocenters. The van der Waals surface area contributed by atoms with Gasteiger partial charge in [0.05, 0.1) is 33.2 Å². The maximum absolute atomic E-state index is 13.7. The van der Waals surface area contributed by atoms with E-state index in [9.17, 15) is 19.2 Å². The van der Waals surface area contributed by atoms with Crippen molar-refractivity contribution in [3.63, 3.8) is 0 Å². The van der Waals surface area contributed by atoms with Crippen LogP contribution in [0.1, 0.15) is 41.8 Å². The molecule has 4 aromatic rings. The molecular formula is C38H41N5O7. The van der Waals surface area contributed by atoms with Gasteiger partial charge in [0, 0.05) is 30.1 Å². The Hall–Kier alpha value is -5.65. The predicted molar refractivity (Wildman–Crippen MR) is 185 cm³/mol. The van der Waals surface area contributed by atoms with Crippen molar-refractivity contribution >= 4 is 29.3 Å². The summed E-state index contributed by atoms with van der Waals surface area (Å²) in [6.45, 7) is 2.06. The van der Waals surface area contributed by atoms with Gasteiger partial charge >= 0.3 is 0 Å². The summed E-state index contributed by atoms with van der Waals surface area (Å²) in [5.41, 5.74) is 3.50. The van der Waals surface area contributed by atoms with E-state index in [0.717, 1.165) is 24.0 Å². The lowest BCUT2D eigenvalue weighted by molar-refractivity contribution is -0.136. The van der Waals surface area contributed by atoms with E-state index in [1.165, 1.54) is 4.90 Å². The molecule has 260 valence electrons. The molecule has 2 aliphatic rings. The van der Waals surface area contributed by atoms with Crippen LogP contribution in [0.15, 0.2) is 77.2 Å². The van der Waals surface area contributed by atoms with Crippen LogP contribution in [0.25, 0.3) is 11.5 Å². The average Bonchev–Trinajstić information content (AvgIpc) is 3.91. The average molecular weight is 680 g/mol. The Labute approximate surface area is 290 Å². The molecule has 12 heteroatoms. The zero-order valence-electron chi connectivity index (χ0n) is 28.2. The Morgan fingerprint density at radius 2 is 1.80 bits per heavy atom. The zero-order valence-corrected chi connectivity index (χ0v) is 28.2. The van der Waals surface area contributed by atoms with E-state index in [0.29, 0.717) is 46.5 Å². The molecule has 3 aromatic carbocycles. The highest BCUT2D eigenvalue weighted by atomic mass is 16.5. The van der Waals surface area contributed by atoms with Gasteiger partial charge in [0.1, 0.15) is 17.5 Å². The van der Waals surface area contributed by atoms with Crippen molar-refractivity contribution in [1.82, 2.24) is 20.5 Å². The number of methoxy groups -OCH3 is 1. The summed E-state index contributed by atoms with van der Waals surface area (Å²) in [4.78, 5) is 59.1. The molecule has 0 radical (unpaired) electrons. The standard InChI is InChI=1S/C38H41N5O7/c1-24-31-22-39-37(47)30(19-25-7-4-3-5-8-25)41-34(44)23-43(35(45)20-26-9-14-29(15-10-26)40-36(46)27-11-12-27)17-6-18-49-33-21-28(38(42-31)50-24)13-16-32(33)48-2/h3-5,7-10,13-16,21,27,30H,6,11-12,17-20,22-23H2,1-2H3,(H,39,47)(H,40,46)(H,41,44)/t30-/m1/s1.